The van der Waals surface area contributed by atoms with Gasteiger partial charge in [-0.25, -0.2) is 24.9 Å². The van der Waals surface area contributed by atoms with Gasteiger partial charge in [0.05, 0.1) is 84.6 Å². The lowest BCUT2D eigenvalue weighted by atomic mass is 10.2. The molecule has 0 unspecified atom stereocenters. The van der Waals surface area contributed by atoms with Crippen LogP contribution in [0.25, 0.3) is 87.6 Å². The number of hydrogen-bond donors (Lipinski definition) is 13. The number of nitrogen functional groups attached to an aromatic ring is 5. The molecule has 0 saturated carbocycles. The van der Waals surface area contributed by atoms with Gasteiger partial charge in [0, 0.05) is 87.2 Å². The van der Waals surface area contributed by atoms with Gasteiger partial charge in [0.15, 0.2) is 11.5 Å². The fourth-order valence-electron chi connectivity index (χ4n) is 12.5. The number of H-pyrrole nitrogens is 1. The third-order valence-corrected chi connectivity index (χ3v) is 23.2. The van der Waals surface area contributed by atoms with Gasteiger partial charge in [0.25, 0.3) is 5.13 Å². The highest BCUT2D eigenvalue weighted by molar-refractivity contribution is 7.22. The molecular formula is C83H73N32O6S5+. The Balaban J connectivity index is 0.000000111. The lowest BCUT2D eigenvalue weighted by molar-refractivity contribution is -0.718. The second-order valence-corrected chi connectivity index (χ2v) is 31.8. The molecule has 21 aromatic rings. The minimum atomic E-state index is -0.116. The Bertz CT molecular complexity index is 7260. The molecule has 126 heavy (non-hydrogen) atoms. The number of phenolic OH excluding ortho intramolecular Hbond substituents is 1. The summed E-state index contributed by atoms with van der Waals surface area (Å²) in [4.78, 5) is 56.9. The Kier molecular flexibility index (Phi) is 23.6. The molecule has 0 fully saturated rings. The zero-order chi connectivity index (χ0) is 86.9. The number of anilines is 15. The van der Waals surface area contributed by atoms with Gasteiger partial charge < -0.3 is 83.9 Å². The van der Waals surface area contributed by atoms with Crippen molar-refractivity contribution in [3.63, 3.8) is 0 Å². The predicted octanol–water partition coefficient (Wildman–Crippen LogP) is 15.2. The zero-order valence-electron chi connectivity index (χ0n) is 67.0. The number of carbonyl (C=O) groups excluding carboxylic acids is 1. The molecule has 10 aromatic carbocycles. The molecule has 1 amide bonds. The Morgan fingerprint density at radius 1 is 0.389 bits per heavy atom. The van der Waals surface area contributed by atoms with E-state index in [-0.39, 0.29) is 29.5 Å². The van der Waals surface area contributed by atoms with E-state index in [0.29, 0.717) is 89.8 Å². The van der Waals surface area contributed by atoms with Crippen LogP contribution in [0.3, 0.4) is 0 Å². The first-order valence-electron chi connectivity index (χ1n) is 37.9. The molecule has 11 aromatic heterocycles. The van der Waals surface area contributed by atoms with Crippen molar-refractivity contribution in [2.24, 2.45) is 0 Å². The van der Waals surface area contributed by atoms with Gasteiger partial charge in [-0.1, -0.05) is 134 Å². The van der Waals surface area contributed by atoms with Crippen molar-refractivity contribution in [1.82, 2.24) is 98.9 Å². The number of para-hydroxylation sites is 5. The van der Waals surface area contributed by atoms with E-state index in [1.54, 1.807) is 92.6 Å². The van der Waals surface area contributed by atoms with Gasteiger partial charge in [-0.2, -0.15) is 38.7 Å². The minimum absolute atomic E-state index is 0.116. The van der Waals surface area contributed by atoms with Crippen LogP contribution in [-0.4, -0.2) is 138 Å². The number of aromatic hydroxyl groups is 1. The zero-order valence-corrected chi connectivity index (χ0v) is 71.0. The molecule has 43 heteroatoms. The Hall–Kier alpha value is -16.6. The van der Waals surface area contributed by atoms with E-state index >= 15 is 0 Å². The summed E-state index contributed by atoms with van der Waals surface area (Å²) in [5, 5.41) is 54.4. The summed E-state index contributed by atoms with van der Waals surface area (Å²) in [5.41, 5.74) is 34.2. The number of aromatic nitrogens is 21. The van der Waals surface area contributed by atoms with Gasteiger partial charge in [0.1, 0.15) is 11.5 Å². The molecule has 0 aliphatic rings. The molecule has 0 spiro atoms. The summed E-state index contributed by atoms with van der Waals surface area (Å²) in [6.45, 7) is 1.47. The number of aromatic amines is 1. The summed E-state index contributed by atoms with van der Waals surface area (Å²) in [6, 6.07) is 72.4. The van der Waals surface area contributed by atoms with Gasteiger partial charge in [-0.3, -0.25) is 10.6 Å². The molecule has 0 radical (unpaired) electrons. The molecule has 18 N–H and O–H groups in total. The molecule has 0 saturated heterocycles. The topological polar surface area (TPSA) is 501 Å². The third-order valence-electron chi connectivity index (χ3n) is 18.1. The number of fused-ring (bicyclic) bond motifs is 6. The Labute approximate surface area is 733 Å². The molecule has 0 aliphatic heterocycles. The van der Waals surface area contributed by atoms with Crippen LogP contribution in [0, 0.1) is 0 Å². The Morgan fingerprint density at radius 3 is 1.20 bits per heavy atom. The van der Waals surface area contributed by atoms with E-state index in [0.717, 1.165) is 90.5 Å². The summed E-state index contributed by atoms with van der Waals surface area (Å²) in [7, 11) is 6.29. The van der Waals surface area contributed by atoms with Gasteiger partial charge in [0.2, 0.25) is 86.0 Å². The summed E-state index contributed by atoms with van der Waals surface area (Å²) in [5.74, 6) is 11.5. The normalized spacial score (nSPS) is 11.0. The number of ether oxygens (including phenoxy) is 4. The van der Waals surface area contributed by atoms with Gasteiger partial charge in [-0.05, 0) is 133 Å². The number of phenols is 1. The number of methoxy groups -OCH3 is 4. The SMILES string of the molecule is CC(=O)Nc1ccc(Nc2nc(N)n(-c3nc4ccccc4s3)n2)cc1.COc1cc(Nc2nc(N)n(-c3nc4ccccc4s3)n2)cc(OC)c1OC.COc1cccc(Nc2c[n+](N)n(-c3nc4ccccc4s3)n2)c1.Nc1nc(Nc2ccc3[nH]ccc3c2)nn1-c1nc2ccccc2s1.Nc1nc(Nc2cccc(O)c2)nn1-c1nc2ccccc2s1. The van der Waals surface area contributed by atoms with Crippen molar-refractivity contribution < 1.29 is 33.6 Å². The van der Waals surface area contributed by atoms with E-state index in [1.165, 1.54) is 82.4 Å². The Morgan fingerprint density at radius 2 is 0.778 bits per heavy atom. The number of amides is 1. The van der Waals surface area contributed by atoms with E-state index < -0.39 is 0 Å². The van der Waals surface area contributed by atoms with Gasteiger partial charge >= 0.3 is 5.82 Å². The third kappa shape index (κ3) is 18.6. The largest absolute Gasteiger partial charge is 0.508 e. The van der Waals surface area contributed by atoms with E-state index in [4.69, 9.17) is 47.7 Å². The molecular weight excluding hydrogens is 1700 g/mol. The highest BCUT2D eigenvalue weighted by Gasteiger charge is 2.23. The molecule has 38 nitrogen and oxygen atoms in total. The first kappa shape index (κ1) is 81.7. The molecule has 0 aliphatic carbocycles. The molecule has 630 valence electrons. The van der Waals surface area contributed by atoms with Crippen LogP contribution in [0.2, 0.25) is 0 Å². The van der Waals surface area contributed by atoms with Crippen molar-refractivity contribution in [2.45, 2.75) is 6.92 Å². The maximum Gasteiger partial charge on any atom is 0.315 e. The van der Waals surface area contributed by atoms with Crippen LogP contribution in [0.4, 0.5) is 87.5 Å². The molecule has 21 rings (SSSR count). The van der Waals surface area contributed by atoms with E-state index in [9.17, 15) is 9.90 Å². The number of rotatable bonds is 20. The number of benzene rings is 10. The van der Waals surface area contributed by atoms with Crippen LogP contribution in [0.5, 0.6) is 28.7 Å². The number of nitrogens with two attached hydrogens (primary N) is 5. The van der Waals surface area contributed by atoms with Crippen molar-refractivity contribution in [3.05, 3.63) is 243 Å². The van der Waals surface area contributed by atoms with Crippen molar-refractivity contribution in [3.8, 4) is 54.4 Å². The van der Waals surface area contributed by atoms with E-state index in [1.807, 2.05) is 188 Å². The van der Waals surface area contributed by atoms with E-state index in [2.05, 4.69) is 107 Å². The average Bonchev–Trinajstić information content (AvgIpc) is 1.66. The standard InChI is InChI=1S/C18H18N6O3S.C17H15N7OS.C17H13N7S.C16H15N6OS.C15H12N6OS/c1-25-12-8-10(9-13(26-2)15(12)27-3)20-17-22-16(19)24(23-17)18-21-11-6-4-5-7-14(11)28-18;1-10(25)19-11-6-8-12(9-7-11)20-16-22-15(18)24(23-16)17-21-13-4-2-3-5-14(13)26-17;18-15-22-16(20-11-5-6-12-10(9-11)7-8-19-12)23-24(15)17-21-13-3-1-2-4-14(13)25-17;1-23-12-6-4-5-11(9-12)18-15-10-21(17)22(20-15)16-19-13-7-2-3-8-14(13)24-16;16-13-19-14(17-9-4-3-5-10(22)8-9)20-21(13)15-18-11-6-1-2-7-12(11)23-15/h4-9H,1-3H3,(H3,19,20,22,23);2-9H,1H3,(H,19,25)(H3,18,20,22,23);1-9,19H,(H3,18,20,22,23);2-10H,17H2,1H3,(H,18,20);1-8,22H,(H3,16,17,19,20)/q;;;+1;. The lowest BCUT2D eigenvalue weighted by Crippen LogP contribution is -2.51. The van der Waals surface area contributed by atoms with Crippen LogP contribution in [0.15, 0.2) is 243 Å². The van der Waals surface area contributed by atoms with Crippen LogP contribution in [-0.2, 0) is 4.79 Å². The van der Waals surface area contributed by atoms with Crippen molar-refractivity contribution >= 4 is 212 Å². The monoisotopic (exact) mass is 1770 g/mol. The van der Waals surface area contributed by atoms with Crippen molar-refractivity contribution in [1.29, 1.82) is 0 Å². The maximum atomic E-state index is 11.1. The lowest BCUT2D eigenvalue weighted by Gasteiger charge is -2.14. The predicted molar refractivity (Wildman–Crippen MR) is 496 cm³/mol. The maximum absolute atomic E-state index is 11.1. The fraction of sp³-hybridized carbons (Fsp3) is 0.0602. The van der Waals surface area contributed by atoms with Gasteiger partial charge in [-0.15, -0.1) is 20.4 Å². The first-order valence-corrected chi connectivity index (χ1v) is 42.0. The summed E-state index contributed by atoms with van der Waals surface area (Å²) in [6.07, 6.45) is 3.61. The quantitative estimate of drug-likeness (QED) is 0.0249. The number of hydrogen-bond acceptors (Lipinski definition) is 35. The van der Waals surface area contributed by atoms with Crippen molar-refractivity contribution in [2.75, 3.05) is 89.1 Å². The minimum Gasteiger partial charge on any atom is -0.508 e. The summed E-state index contributed by atoms with van der Waals surface area (Å²) < 4.78 is 32.7. The number of carbonyl (C=O) groups is 1. The second kappa shape index (κ2) is 36.4. The number of nitrogens with zero attached hydrogens (tertiary/aromatic N) is 20. The molecule has 0 bridgehead atoms. The van der Waals surface area contributed by atoms with Crippen LogP contribution in [0.1, 0.15) is 6.92 Å². The van der Waals surface area contributed by atoms with Crippen LogP contribution >= 0.6 is 56.7 Å². The average molecular weight is 1780 g/mol. The highest BCUT2D eigenvalue weighted by atomic mass is 32.1. The van der Waals surface area contributed by atoms with Crippen LogP contribution < -0.4 is 84.4 Å². The number of thiazole rings is 5. The summed E-state index contributed by atoms with van der Waals surface area (Å²) >= 11 is 7.52. The molecule has 0 atom stereocenters. The number of nitrogens with one attached hydrogen (secondary N) is 7. The second-order valence-electron chi connectivity index (χ2n) is 26.8. The molecule has 11 heterocycles. The highest BCUT2D eigenvalue weighted by Crippen LogP contribution is 2.41. The fourth-order valence-corrected chi connectivity index (χ4v) is 17.1. The first-order chi connectivity index (χ1) is 61.4. The smallest absolute Gasteiger partial charge is 0.315 e.